The Morgan fingerprint density at radius 1 is 1.35 bits per heavy atom. The van der Waals surface area contributed by atoms with Crippen molar-refractivity contribution in [3.05, 3.63) is 23.5 Å². The summed E-state index contributed by atoms with van der Waals surface area (Å²) in [6, 6.07) is 2.60. The highest BCUT2D eigenvalue weighted by molar-refractivity contribution is 7.98. The molecule has 4 N–H and O–H groups in total. The molecule has 0 saturated carbocycles. The van der Waals surface area contributed by atoms with E-state index in [9.17, 15) is 9.18 Å². The van der Waals surface area contributed by atoms with Crippen LogP contribution in [0.3, 0.4) is 0 Å². The van der Waals surface area contributed by atoms with E-state index in [1.807, 2.05) is 11.8 Å². The minimum absolute atomic E-state index is 0.188. The lowest BCUT2D eigenvalue weighted by molar-refractivity contribution is 0.0698. The Labute approximate surface area is 122 Å². The second-order valence-corrected chi connectivity index (χ2v) is 5.51. The third-order valence-electron chi connectivity index (χ3n) is 3.00. The molecule has 0 aliphatic carbocycles. The Morgan fingerprint density at radius 2 is 2.05 bits per heavy atom. The number of anilines is 2. The second-order valence-electron chi connectivity index (χ2n) is 4.52. The first-order valence-corrected chi connectivity index (χ1v) is 8.01. The molecule has 0 amide bonds. The number of nitrogens with two attached hydrogens (primary N) is 1. The fraction of sp³-hybridized carbons (Fsp3) is 0.500. The number of hydrogen-bond donors (Lipinski definition) is 3. The number of nitrogen functional groups attached to an aromatic ring is 1. The molecular weight excluding hydrogens is 279 g/mol. The number of halogens is 1. The minimum Gasteiger partial charge on any atom is -0.478 e. The molecule has 1 rings (SSSR count). The lowest BCUT2D eigenvalue weighted by Crippen LogP contribution is -2.11. The molecule has 4 nitrogen and oxygen atoms in total. The number of thioether (sulfide) groups is 1. The van der Waals surface area contributed by atoms with E-state index in [2.05, 4.69) is 11.6 Å². The van der Waals surface area contributed by atoms with Crippen LogP contribution in [0, 0.1) is 5.82 Å². The molecule has 0 aliphatic rings. The molecule has 0 heterocycles. The van der Waals surface area contributed by atoms with Gasteiger partial charge in [0.25, 0.3) is 0 Å². The van der Waals surface area contributed by atoms with Gasteiger partial charge < -0.3 is 16.2 Å². The number of rotatable bonds is 9. The Morgan fingerprint density at radius 3 is 2.70 bits per heavy atom. The number of carbonyl (C=O) groups is 1. The van der Waals surface area contributed by atoms with Gasteiger partial charge in [0.15, 0.2) is 0 Å². The predicted octanol–water partition coefficient (Wildman–Crippen LogP) is 3.44. The lowest BCUT2D eigenvalue weighted by atomic mass is 10.1. The highest BCUT2D eigenvalue weighted by Gasteiger charge is 2.16. The number of hydrogen-bond acceptors (Lipinski definition) is 4. The molecule has 0 atom stereocenters. The summed E-state index contributed by atoms with van der Waals surface area (Å²) in [5.41, 5.74) is 5.34. The standard InChI is InChI=1S/C14H21FN2O2S/c1-20-9-5-3-2-4-8-17-11-7-6-10(15)13(16)12(11)14(18)19/h6-7,17H,2-5,8-9,16H2,1H3,(H,18,19). The monoisotopic (exact) mass is 300 g/mol. The molecule has 0 aliphatic heterocycles. The van der Waals surface area contributed by atoms with Crippen LogP contribution in [-0.2, 0) is 0 Å². The first-order chi connectivity index (χ1) is 9.57. The fourth-order valence-corrected chi connectivity index (χ4v) is 2.41. The zero-order chi connectivity index (χ0) is 15.0. The van der Waals surface area contributed by atoms with Crippen LogP contribution < -0.4 is 11.1 Å². The maximum Gasteiger partial charge on any atom is 0.340 e. The fourth-order valence-electron chi connectivity index (χ4n) is 1.92. The zero-order valence-corrected chi connectivity index (χ0v) is 12.4. The van der Waals surface area contributed by atoms with Crippen LogP contribution in [-0.4, -0.2) is 29.6 Å². The van der Waals surface area contributed by atoms with E-state index in [1.165, 1.54) is 30.7 Å². The molecule has 20 heavy (non-hydrogen) atoms. The molecule has 0 radical (unpaired) electrons. The Bertz CT molecular complexity index is 455. The number of unbranched alkanes of at least 4 members (excludes halogenated alkanes) is 3. The van der Waals surface area contributed by atoms with Gasteiger partial charge in [0.2, 0.25) is 0 Å². The quantitative estimate of drug-likeness (QED) is 0.481. The van der Waals surface area contributed by atoms with Crippen molar-refractivity contribution < 1.29 is 14.3 Å². The van der Waals surface area contributed by atoms with Crippen molar-refractivity contribution in [3.63, 3.8) is 0 Å². The summed E-state index contributed by atoms with van der Waals surface area (Å²) >= 11 is 1.84. The van der Waals surface area contributed by atoms with E-state index in [-0.39, 0.29) is 11.3 Å². The van der Waals surface area contributed by atoms with Gasteiger partial charge in [0.05, 0.1) is 11.4 Å². The molecule has 0 bridgehead atoms. The lowest BCUT2D eigenvalue weighted by Gasteiger charge is -2.12. The van der Waals surface area contributed by atoms with Crippen molar-refractivity contribution in [2.24, 2.45) is 0 Å². The molecule has 0 unspecified atom stereocenters. The Balaban J connectivity index is 2.48. The van der Waals surface area contributed by atoms with Crippen molar-refractivity contribution in [2.75, 3.05) is 29.6 Å². The SMILES string of the molecule is CSCCCCCCNc1ccc(F)c(N)c1C(=O)O. The third-order valence-corrected chi connectivity index (χ3v) is 3.69. The maximum atomic E-state index is 13.3. The van der Waals surface area contributed by atoms with Crippen molar-refractivity contribution in [2.45, 2.75) is 25.7 Å². The van der Waals surface area contributed by atoms with Gasteiger partial charge in [-0.2, -0.15) is 11.8 Å². The molecule has 112 valence electrons. The molecule has 0 fully saturated rings. The molecule has 6 heteroatoms. The van der Waals surface area contributed by atoms with Gasteiger partial charge in [-0.05, 0) is 37.0 Å². The van der Waals surface area contributed by atoms with Crippen LogP contribution >= 0.6 is 11.8 Å². The van der Waals surface area contributed by atoms with E-state index in [0.717, 1.165) is 12.8 Å². The summed E-state index contributed by atoms with van der Waals surface area (Å²) in [5, 5.41) is 12.1. The van der Waals surface area contributed by atoms with Crippen LogP contribution in [0.25, 0.3) is 0 Å². The maximum absolute atomic E-state index is 13.3. The van der Waals surface area contributed by atoms with Crippen molar-refractivity contribution in [1.29, 1.82) is 0 Å². The first-order valence-electron chi connectivity index (χ1n) is 6.62. The molecule has 0 spiro atoms. The summed E-state index contributed by atoms with van der Waals surface area (Å²) in [6.07, 6.45) is 6.50. The average Bonchev–Trinajstić information content (AvgIpc) is 2.41. The minimum atomic E-state index is -1.22. The summed E-state index contributed by atoms with van der Waals surface area (Å²) < 4.78 is 13.3. The van der Waals surface area contributed by atoms with E-state index in [1.54, 1.807) is 0 Å². The normalized spacial score (nSPS) is 10.5. The molecule has 0 saturated heterocycles. The van der Waals surface area contributed by atoms with Crippen LogP contribution in [0.4, 0.5) is 15.8 Å². The number of nitrogens with one attached hydrogen (secondary N) is 1. The number of aromatic carboxylic acids is 1. The van der Waals surface area contributed by atoms with Crippen LogP contribution in [0.5, 0.6) is 0 Å². The highest BCUT2D eigenvalue weighted by atomic mass is 32.2. The van der Waals surface area contributed by atoms with Crippen molar-refractivity contribution >= 4 is 29.1 Å². The van der Waals surface area contributed by atoms with E-state index in [4.69, 9.17) is 10.8 Å². The van der Waals surface area contributed by atoms with Gasteiger partial charge in [-0.15, -0.1) is 0 Å². The molecule has 0 aromatic heterocycles. The van der Waals surface area contributed by atoms with Crippen LogP contribution in [0.1, 0.15) is 36.0 Å². The Kier molecular flexibility index (Phi) is 7.22. The molecule has 1 aromatic carbocycles. The summed E-state index contributed by atoms with van der Waals surface area (Å²) in [6.45, 7) is 0.657. The third kappa shape index (κ3) is 4.92. The van der Waals surface area contributed by atoms with Gasteiger partial charge in [0, 0.05) is 6.54 Å². The first kappa shape index (κ1) is 16.6. The number of carboxylic acid groups (broad SMARTS) is 1. The van der Waals surface area contributed by atoms with Gasteiger partial charge in [0.1, 0.15) is 11.4 Å². The average molecular weight is 300 g/mol. The van der Waals surface area contributed by atoms with Crippen molar-refractivity contribution in [3.8, 4) is 0 Å². The summed E-state index contributed by atoms with van der Waals surface area (Å²) in [5.74, 6) is -0.750. The number of carboxylic acids is 1. The smallest absolute Gasteiger partial charge is 0.340 e. The highest BCUT2D eigenvalue weighted by Crippen LogP contribution is 2.25. The van der Waals surface area contributed by atoms with E-state index >= 15 is 0 Å². The number of benzene rings is 1. The predicted molar refractivity (Wildman–Crippen MR) is 83.1 cm³/mol. The topological polar surface area (TPSA) is 75.3 Å². The van der Waals surface area contributed by atoms with Gasteiger partial charge in [-0.1, -0.05) is 12.8 Å². The molecule has 1 aromatic rings. The van der Waals surface area contributed by atoms with Crippen molar-refractivity contribution in [1.82, 2.24) is 0 Å². The molecular formula is C14H21FN2O2S. The summed E-state index contributed by atoms with van der Waals surface area (Å²) in [7, 11) is 0. The summed E-state index contributed by atoms with van der Waals surface area (Å²) in [4.78, 5) is 11.1. The van der Waals surface area contributed by atoms with Gasteiger partial charge in [-0.3, -0.25) is 0 Å². The Hall–Kier alpha value is -1.43. The van der Waals surface area contributed by atoms with Crippen LogP contribution in [0.15, 0.2) is 12.1 Å². The second kappa shape index (κ2) is 8.68. The van der Waals surface area contributed by atoms with E-state index in [0.29, 0.717) is 12.2 Å². The van der Waals surface area contributed by atoms with Gasteiger partial charge in [-0.25, -0.2) is 9.18 Å². The van der Waals surface area contributed by atoms with Gasteiger partial charge >= 0.3 is 5.97 Å². The zero-order valence-electron chi connectivity index (χ0n) is 11.6. The van der Waals surface area contributed by atoms with Crippen LogP contribution in [0.2, 0.25) is 0 Å². The largest absolute Gasteiger partial charge is 0.478 e. The van der Waals surface area contributed by atoms with E-state index < -0.39 is 11.8 Å².